The van der Waals surface area contributed by atoms with Crippen LogP contribution in [0.2, 0.25) is 5.54 Å². The van der Waals surface area contributed by atoms with Crippen molar-refractivity contribution in [3.05, 3.63) is 0 Å². The summed E-state index contributed by atoms with van der Waals surface area (Å²) in [6.07, 6.45) is 0. The van der Waals surface area contributed by atoms with Crippen LogP contribution in [0, 0.1) is 0 Å². The highest BCUT2D eigenvalue weighted by Gasteiger charge is 1.81. The Balaban J connectivity index is 2.54. The van der Waals surface area contributed by atoms with Gasteiger partial charge in [-0.3, -0.25) is 0 Å². The van der Waals surface area contributed by atoms with Crippen LogP contribution >= 0.6 is 8.79 Å². The fourth-order valence-electron chi connectivity index (χ4n) is 0. The van der Waals surface area contributed by atoms with E-state index in [-0.39, 0.29) is 9.19 Å². The third-order valence-electron chi connectivity index (χ3n) is 0.471. The van der Waals surface area contributed by atoms with E-state index in [1.54, 1.807) is 0 Å². The molecule has 0 aromatic heterocycles. The zero-order chi connectivity index (χ0) is 4.28. The van der Waals surface area contributed by atoms with E-state index in [9.17, 15) is 0 Å². The van der Waals surface area contributed by atoms with Crippen molar-refractivity contribution in [2.75, 3.05) is 0 Å². The summed E-state index contributed by atoms with van der Waals surface area (Å²) in [5.41, 5.74) is 0.986. The maximum Gasteiger partial charge on any atom is 0.0441 e. The van der Waals surface area contributed by atoms with Crippen LogP contribution in [-0.2, 0) is 0 Å². The molecule has 0 aromatic rings. The second-order valence-corrected chi connectivity index (χ2v) is 5.15. The third-order valence-corrected chi connectivity index (χ3v) is 4.24. The Hall–Kier alpha value is 0.647. The lowest BCUT2D eigenvalue weighted by atomic mass is 10.6. The van der Waals surface area contributed by atoms with Gasteiger partial charge in [-0.05, 0) is 0 Å². The van der Waals surface area contributed by atoms with E-state index in [0.717, 1.165) is 5.54 Å². The van der Waals surface area contributed by atoms with Crippen LogP contribution in [0.25, 0.3) is 0 Å². The fraction of sp³-hybridized carbons (Fsp3) is 1.00. The molecule has 0 aliphatic carbocycles. The Morgan fingerprint density at radius 2 is 1.80 bits per heavy atom. The third kappa shape index (κ3) is 4.65. The molecule has 0 aliphatic rings. The van der Waals surface area contributed by atoms with Gasteiger partial charge in [0.15, 0.2) is 0 Å². The van der Waals surface area contributed by atoms with Crippen molar-refractivity contribution in [1.82, 2.24) is 0 Å². The molecular formula is C3H11PSi. The molecule has 0 amide bonds. The van der Waals surface area contributed by atoms with Gasteiger partial charge in [0.05, 0.1) is 0 Å². The average molecular weight is 106 g/mol. The molecule has 0 saturated carbocycles. The molecule has 0 fully saturated rings. The summed E-state index contributed by atoms with van der Waals surface area (Å²) in [6.45, 7) is 4.53. The van der Waals surface area contributed by atoms with Crippen molar-refractivity contribution in [1.29, 1.82) is 0 Å². The molecule has 0 N–H and O–H groups in total. The zero-order valence-corrected chi connectivity index (χ0v) is 6.43. The predicted molar refractivity (Wildman–Crippen MR) is 33.4 cm³/mol. The molecule has 0 nitrogen and oxygen atoms in total. The SMILES string of the molecule is CC(C)[SiH2]P. The molecule has 0 spiro atoms. The van der Waals surface area contributed by atoms with E-state index in [4.69, 9.17) is 0 Å². The van der Waals surface area contributed by atoms with Crippen molar-refractivity contribution in [2.45, 2.75) is 19.4 Å². The second kappa shape index (κ2) is 2.86. The van der Waals surface area contributed by atoms with Crippen molar-refractivity contribution < 1.29 is 0 Å². The summed E-state index contributed by atoms with van der Waals surface area (Å²) < 4.78 is 0. The van der Waals surface area contributed by atoms with E-state index < -0.39 is 0 Å². The minimum Gasteiger partial charge on any atom is -0.155 e. The summed E-state index contributed by atoms with van der Waals surface area (Å²) in [5, 5.41) is 0. The summed E-state index contributed by atoms with van der Waals surface area (Å²) >= 11 is 0. The molecule has 1 atom stereocenters. The van der Waals surface area contributed by atoms with Gasteiger partial charge in [0.25, 0.3) is 0 Å². The minimum absolute atomic E-state index is 0.265. The fourth-order valence-corrected chi connectivity index (χ4v) is 0. The average Bonchev–Trinajstić information content (AvgIpc) is 1.38. The highest BCUT2D eigenvalue weighted by molar-refractivity contribution is 7.55. The topological polar surface area (TPSA) is 0 Å². The second-order valence-electron chi connectivity index (χ2n) is 1.63. The Labute approximate surface area is 38.2 Å². The van der Waals surface area contributed by atoms with Crippen LogP contribution in [0.3, 0.4) is 0 Å². The molecule has 0 aliphatic heterocycles. The number of hydrogen-bond donors (Lipinski definition) is 0. The summed E-state index contributed by atoms with van der Waals surface area (Å²) in [6, 6.07) is 0. The van der Waals surface area contributed by atoms with Crippen molar-refractivity contribution in [2.24, 2.45) is 0 Å². The molecule has 0 saturated heterocycles. The van der Waals surface area contributed by atoms with Gasteiger partial charge in [0.2, 0.25) is 0 Å². The van der Waals surface area contributed by atoms with E-state index in [1.165, 1.54) is 0 Å². The molecule has 0 aromatic carbocycles. The molecule has 0 rings (SSSR count). The largest absolute Gasteiger partial charge is 0.155 e. The lowest BCUT2D eigenvalue weighted by Gasteiger charge is -1.89. The summed E-state index contributed by atoms with van der Waals surface area (Å²) in [4.78, 5) is 0. The van der Waals surface area contributed by atoms with Crippen molar-refractivity contribution >= 4 is 18.0 Å². The highest BCUT2D eigenvalue weighted by atomic mass is 31.3. The zero-order valence-electron chi connectivity index (χ0n) is 3.86. The molecule has 0 radical (unpaired) electrons. The van der Waals surface area contributed by atoms with Crippen molar-refractivity contribution in [3.63, 3.8) is 0 Å². The van der Waals surface area contributed by atoms with Crippen LogP contribution < -0.4 is 0 Å². The smallest absolute Gasteiger partial charge is 0.0441 e. The maximum atomic E-state index is 2.83. The Bertz CT molecular complexity index is 20.9. The molecule has 5 heavy (non-hydrogen) atoms. The van der Waals surface area contributed by atoms with Gasteiger partial charge in [-0.1, -0.05) is 19.4 Å². The van der Waals surface area contributed by atoms with Gasteiger partial charge in [0.1, 0.15) is 0 Å². The van der Waals surface area contributed by atoms with E-state index >= 15 is 0 Å². The number of rotatable bonds is 1. The molecule has 32 valence electrons. The summed E-state index contributed by atoms with van der Waals surface area (Å²) in [5.74, 6) is 0. The first-order valence-electron chi connectivity index (χ1n) is 1.97. The lowest BCUT2D eigenvalue weighted by Crippen LogP contribution is -1.79. The van der Waals surface area contributed by atoms with Gasteiger partial charge in [-0.2, -0.15) is 8.79 Å². The first-order chi connectivity index (χ1) is 2.27. The Morgan fingerprint density at radius 3 is 1.80 bits per heavy atom. The van der Waals surface area contributed by atoms with E-state index in [2.05, 4.69) is 22.6 Å². The van der Waals surface area contributed by atoms with Crippen LogP contribution in [0.1, 0.15) is 13.8 Å². The Morgan fingerprint density at radius 1 is 1.60 bits per heavy atom. The van der Waals surface area contributed by atoms with Crippen LogP contribution in [0.15, 0.2) is 0 Å². The first kappa shape index (κ1) is 5.65. The van der Waals surface area contributed by atoms with Crippen LogP contribution in [0.5, 0.6) is 0 Å². The monoisotopic (exact) mass is 106 g/mol. The lowest BCUT2D eigenvalue weighted by molar-refractivity contribution is 1.07. The maximum absolute atomic E-state index is 2.83. The normalized spacial score (nSPS) is 12.0. The predicted octanol–water partition coefficient (Wildman–Crippen LogP) is 0.774. The van der Waals surface area contributed by atoms with Gasteiger partial charge in [0, 0.05) is 9.19 Å². The van der Waals surface area contributed by atoms with Gasteiger partial charge in [-0.15, -0.1) is 0 Å². The molecule has 1 unspecified atom stereocenters. The first-order valence-corrected chi connectivity index (χ1v) is 6.05. The summed E-state index contributed by atoms with van der Waals surface area (Å²) in [7, 11) is 3.10. The van der Waals surface area contributed by atoms with Gasteiger partial charge >= 0.3 is 0 Å². The number of hydrogen-bond acceptors (Lipinski definition) is 0. The molecule has 0 bridgehead atoms. The van der Waals surface area contributed by atoms with E-state index in [1.807, 2.05) is 0 Å². The van der Waals surface area contributed by atoms with Crippen molar-refractivity contribution in [3.8, 4) is 0 Å². The molecular weight excluding hydrogens is 95.1 g/mol. The minimum atomic E-state index is 0.265. The van der Waals surface area contributed by atoms with E-state index in [0.29, 0.717) is 0 Å². The van der Waals surface area contributed by atoms with Crippen LogP contribution in [-0.4, -0.2) is 9.19 Å². The highest BCUT2D eigenvalue weighted by Crippen LogP contribution is 1.98. The van der Waals surface area contributed by atoms with Crippen LogP contribution in [0.4, 0.5) is 0 Å². The quantitative estimate of drug-likeness (QED) is 0.342. The van der Waals surface area contributed by atoms with Gasteiger partial charge < -0.3 is 0 Å². The molecule has 0 heterocycles. The van der Waals surface area contributed by atoms with Gasteiger partial charge in [-0.25, -0.2) is 0 Å². The Kier molecular flexibility index (Phi) is 3.23. The standard InChI is InChI=1S/C3H11PSi/c1-3(2)5-4/h3H,4-5H2,1-2H3. The molecule has 2 heteroatoms.